The zero-order valence-electron chi connectivity index (χ0n) is 11.8. The van der Waals surface area contributed by atoms with Gasteiger partial charge in [0.05, 0.1) is 12.2 Å². The Bertz CT molecular complexity index is 373. The molecule has 0 aliphatic carbocycles. The van der Waals surface area contributed by atoms with Crippen LogP contribution in [-0.2, 0) is 4.74 Å². The molecule has 1 N–H and O–H groups in total. The average Bonchev–Trinajstić information content (AvgIpc) is 2.41. The van der Waals surface area contributed by atoms with Crippen LogP contribution in [0.2, 0.25) is 0 Å². The molecule has 100 valence electrons. The Hall–Kier alpha value is -0.860. The number of morpholine rings is 1. The van der Waals surface area contributed by atoms with Gasteiger partial charge in [-0.15, -0.1) is 0 Å². The van der Waals surface area contributed by atoms with E-state index in [1.807, 2.05) is 0 Å². The van der Waals surface area contributed by atoms with Crippen molar-refractivity contribution in [3.05, 3.63) is 35.4 Å². The molecule has 2 heteroatoms. The Kier molecular flexibility index (Phi) is 4.79. The summed E-state index contributed by atoms with van der Waals surface area (Å²) < 4.78 is 6.31. The average molecular weight is 247 g/mol. The number of hydrogen-bond acceptors (Lipinski definition) is 2. The molecule has 1 heterocycles. The van der Waals surface area contributed by atoms with E-state index in [-0.39, 0.29) is 6.10 Å². The maximum absolute atomic E-state index is 6.31. The summed E-state index contributed by atoms with van der Waals surface area (Å²) in [5.74, 6) is 0.671. The lowest BCUT2D eigenvalue weighted by Gasteiger charge is -2.35. The number of hydrogen-bond donors (Lipinski definition) is 1. The fourth-order valence-corrected chi connectivity index (χ4v) is 2.82. The van der Waals surface area contributed by atoms with Crippen LogP contribution in [0.5, 0.6) is 0 Å². The molecule has 2 unspecified atom stereocenters. The first-order valence-corrected chi connectivity index (χ1v) is 7.17. The second-order valence-electron chi connectivity index (χ2n) is 5.31. The van der Waals surface area contributed by atoms with Crippen molar-refractivity contribution in [1.82, 2.24) is 5.32 Å². The molecule has 0 saturated carbocycles. The molecule has 1 aliphatic heterocycles. The largest absolute Gasteiger partial charge is 0.367 e. The second kappa shape index (κ2) is 6.35. The molecular weight excluding hydrogens is 222 g/mol. The molecule has 2 rings (SSSR count). The lowest BCUT2D eigenvalue weighted by Crippen LogP contribution is -2.44. The van der Waals surface area contributed by atoms with Crippen molar-refractivity contribution < 1.29 is 4.74 Å². The van der Waals surface area contributed by atoms with Crippen molar-refractivity contribution in [1.29, 1.82) is 0 Å². The van der Waals surface area contributed by atoms with Gasteiger partial charge < -0.3 is 10.1 Å². The van der Waals surface area contributed by atoms with Crippen LogP contribution in [0.3, 0.4) is 0 Å². The van der Waals surface area contributed by atoms with E-state index < -0.39 is 0 Å². The van der Waals surface area contributed by atoms with Gasteiger partial charge in [-0.2, -0.15) is 0 Å². The first-order chi connectivity index (χ1) is 8.74. The SMILES string of the molecule is CCC(CC)C1CNCC(c2cccc(C)c2)O1. The van der Waals surface area contributed by atoms with Crippen LogP contribution >= 0.6 is 0 Å². The molecule has 18 heavy (non-hydrogen) atoms. The van der Waals surface area contributed by atoms with Crippen LogP contribution in [0.4, 0.5) is 0 Å². The van der Waals surface area contributed by atoms with Gasteiger partial charge in [-0.1, -0.05) is 56.5 Å². The summed E-state index contributed by atoms with van der Waals surface area (Å²) in [5.41, 5.74) is 2.61. The van der Waals surface area contributed by atoms with Crippen molar-refractivity contribution in [2.24, 2.45) is 5.92 Å². The highest BCUT2D eigenvalue weighted by molar-refractivity contribution is 5.24. The van der Waals surface area contributed by atoms with Crippen molar-refractivity contribution in [2.75, 3.05) is 13.1 Å². The van der Waals surface area contributed by atoms with Gasteiger partial charge in [0.1, 0.15) is 0 Å². The standard InChI is InChI=1S/C16H25NO/c1-4-13(5-2)15-10-17-11-16(18-15)14-8-6-7-12(3)9-14/h6-9,13,15-17H,4-5,10-11H2,1-3H3. The summed E-state index contributed by atoms with van der Waals surface area (Å²) in [4.78, 5) is 0. The summed E-state index contributed by atoms with van der Waals surface area (Å²) in [5, 5.41) is 3.53. The van der Waals surface area contributed by atoms with Crippen molar-refractivity contribution in [2.45, 2.75) is 45.8 Å². The Balaban J connectivity index is 2.06. The Morgan fingerprint density at radius 2 is 2.06 bits per heavy atom. The summed E-state index contributed by atoms with van der Waals surface area (Å²) in [6.45, 7) is 8.58. The smallest absolute Gasteiger partial charge is 0.0953 e. The van der Waals surface area contributed by atoms with Crippen LogP contribution in [0.1, 0.15) is 43.9 Å². The highest BCUT2D eigenvalue weighted by atomic mass is 16.5. The Morgan fingerprint density at radius 1 is 1.28 bits per heavy atom. The van der Waals surface area contributed by atoms with Crippen LogP contribution in [0, 0.1) is 12.8 Å². The number of benzene rings is 1. The number of rotatable bonds is 4. The summed E-state index contributed by atoms with van der Waals surface area (Å²) >= 11 is 0. The molecule has 1 aromatic rings. The minimum Gasteiger partial charge on any atom is -0.367 e. The van der Waals surface area contributed by atoms with Crippen LogP contribution < -0.4 is 5.32 Å². The Labute approximate surface area is 111 Å². The zero-order chi connectivity index (χ0) is 13.0. The minimum absolute atomic E-state index is 0.212. The van der Waals surface area contributed by atoms with Crippen LogP contribution in [0.15, 0.2) is 24.3 Å². The summed E-state index contributed by atoms with van der Waals surface area (Å²) in [7, 11) is 0. The molecule has 0 amide bonds. The van der Waals surface area contributed by atoms with Crippen LogP contribution in [-0.4, -0.2) is 19.2 Å². The van der Waals surface area contributed by atoms with E-state index in [1.54, 1.807) is 0 Å². The molecule has 0 aromatic heterocycles. The van der Waals surface area contributed by atoms with E-state index in [4.69, 9.17) is 4.74 Å². The normalized spacial score (nSPS) is 24.4. The molecule has 0 spiro atoms. The fraction of sp³-hybridized carbons (Fsp3) is 0.625. The fourth-order valence-electron chi connectivity index (χ4n) is 2.82. The van der Waals surface area contributed by atoms with E-state index in [0.717, 1.165) is 13.1 Å². The second-order valence-corrected chi connectivity index (χ2v) is 5.31. The van der Waals surface area contributed by atoms with E-state index >= 15 is 0 Å². The minimum atomic E-state index is 0.212. The van der Waals surface area contributed by atoms with E-state index in [9.17, 15) is 0 Å². The van der Waals surface area contributed by atoms with Gasteiger partial charge in [0.15, 0.2) is 0 Å². The first-order valence-electron chi connectivity index (χ1n) is 7.17. The number of ether oxygens (including phenoxy) is 1. The van der Waals surface area contributed by atoms with Gasteiger partial charge in [0.2, 0.25) is 0 Å². The van der Waals surface area contributed by atoms with Gasteiger partial charge in [-0.05, 0) is 18.4 Å². The van der Waals surface area contributed by atoms with Gasteiger partial charge >= 0.3 is 0 Å². The van der Waals surface area contributed by atoms with Crippen LogP contribution in [0.25, 0.3) is 0 Å². The number of nitrogens with one attached hydrogen (secondary N) is 1. The van der Waals surface area contributed by atoms with Gasteiger partial charge in [0, 0.05) is 13.1 Å². The summed E-state index contributed by atoms with van der Waals surface area (Å²) in [6, 6.07) is 8.67. The maximum Gasteiger partial charge on any atom is 0.0953 e. The molecule has 2 atom stereocenters. The van der Waals surface area contributed by atoms with Gasteiger partial charge in [-0.25, -0.2) is 0 Å². The van der Waals surface area contributed by atoms with Crippen molar-refractivity contribution in [3.63, 3.8) is 0 Å². The third kappa shape index (κ3) is 3.12. The Morgan fingerprint density at radius 3 is 2.72 bits per heavy atom. The van der Waals surface area contributed by atoms with Crippen molar-refractivity contribution >= 4 is 0 Å². The van der Waals surface area contributed by atoms with Gasteiger partial charge in [0.25, 0.3) is 0 Å². The molecule has 1 aromatic carbocycles. The molecule has 0 bridgehead atoms. The van der Waals surface area contributed by atoms with E-state index in [0.29, 0.717) is 12.0 Å². The lowest BCUT2D eigenvalue weighted by molar-refractivity contribution is -0.0688. The van der Waals surface area contributed by atoms with E-state index in [1.165, 1.54) is 24.0 Å². The zero-order valence-corrected chi connectivity index (χ0v) is 11.8. The maximum atomic E-state index is 6.31. The molecule has 1 aliphatic rings. The highest BCUT2D eigenvalue weighted by Gasteiger charge is 2.27. The third-order valence-corrected chi connectivity index (χ3v) is 4.00. The quantitative estimate of drug-likeness (QED) is 0.879. The molecule has 0 radical (unpaired) electrons. The summed E-state index contributed by atoms with van der Waals surface area (Å²) in [6.07, 6.45) is 2.97. The highest BCUT2D eigenvalue weighted by Crippen LogP contribution is 2.27. The predicted molar refractivity (Wildman–Crippen MR) is 75.7 cm³/mol. The van der Waals surface area contributed by atoms with E-state index in [2.05, 4.69) is 50.4 Å². The predicted octanol–water partition coefficient (Wildman–Crippen LogP) is 3.46. The molecule has 2 nitrogen and oxygen atoms in total. The topological polar surface area (TPSA) is 21.3 Å². The lowest BCUT2D eigenvalue weighted by atomic mass is 9.94. The van der Waals surface area contributed by atoms with Crippen molar-refractivity contribution in [3.8, 4) is 0 Å². The first kappa shape index (κ1) is 13.6. The van der Waals surface area contributed by atoms with Gasteiger partial charge in [-0.3, -0.25) is 0 Å². The molecule has 1 fully saturated rings. The molecular formula is C16H25NO. The monoisotopic (exact) mass is 247 g/mol. The number of aryl methyl sites for hydroxylation is 1. The molecule has 1 saturated heterocycles. The third-order valence-electron chi connectivity index (χ3n) is 4.00.